The quantitative estimate of drug-likeness (QED) is 0.254. The molecule has 0 radical (unpaired) electrons. The van der Waals surface area contributed by atoms with Crippen molar-refractivity contribution in [2.45, 2.75) is 20.1 Å². The zero-order chi connectivity index (χ0) is 25.2. The molecular formula is C31H29NO4. The number of carbonyl (C=O) groups is 1. The molecule has 5 heteroatoms. The molecule has 0 aliphatic rings. The van der Waals surface area contributed by atoms with E-state index in [1.807, 2.05) is 91.0 Å². The topological polar surface area (TPSA) is 56.8 Å². The molecule has 0 bridgehead atoms. The van der Waals surface area contributed by atoms with Crippen LogP contribution in [-0.2, 0) is 18.0 Å². The van der Waals surface area contributed by atoms with Crippen molar-refractivity contribution in [1.82, 2.24) is 0 Å². The molecule has 36 heavy (non-hydrogen) atoms. The number of amides is 1. The first kappa shape index (κ1) is 24.6. The molecule has 0 fully saturated rings. The molecule has 0 saturated carbocycles. The van der Waals surface area contributed by atoms with E-state index in [4.69, 9.17) is 14.2 Å². The maximum absolute atomic E-state index is 12.4. The fraction of sp³-hybridized carbons (Fsp3) is 0.129. The van der Waals surface area contributed by atoms with Gasteiger partial charge in [0.05, 0.1) is 7.11 Å². The van der Waals surface area contributed by atoms with Crippen molar-refractivity contribution in [2.24, 2.45) is 0 Å². The molecule has 1 amide bonds. The van der Waals surface area contributed by atoms with E-state index in [-0.39, 0.29) is 5.91 Å². The second-order valence-electron chi connectivity index (χ2n) is 8.25. The van der Waals surface area contributed by atoms with Gasteiger partial charge in [0, 0.05) is 11.8 Å². The smallest absolute Gasteiger partial charge is 0.248 e. The van der Waals surface area contributed by atoms with Crippen LogP contribution < -0.4 is 19.5 Å². The molecule has 5 nitrogen and oxygen atoms in total. The van der Waals surface area contributed by atoms with E-state index in [1.54, 1.807) is 13.2 Å². The van der Waals surface area contributed by atoms with Gasteiger partial charge in [-0.1, -0.05) is 60.7 Å². The summed E-state index contributed by atoms with van der Waals surface area (Å²) < 4.78 is 17.3. The fourth-order valence-corrected chi connectivity index (χ4v) is 3.57. The third-order valence-electron chi connectivity index (χ3n) is 5.63. The SMILES string of the molecule is COc1cc(/C=C/C(=O)Nc2ccc(OCc3ccccc3)cc2)ccc1OCc1ccccc1C. The lowest BCUT2D eigenvalue weighted by Gasteiger charge is -2.12. The highest BCUT2D eigenvalue weighted by Gasteiger charge is 2.07. The van der Waals surface area contributed by atoms with Crippen molar-refractivity contribution in [3.63, 3.8) is 0 Å². The van der Waals surface area contributed by atoms with Gasteiger partial charge in [0.25, 0.3) is 0 Å². The van der Waals surface area contributed by atoms with Crippen molar-refractivity contribution in [1.29, 1.82) is 0 Å². The van der Waals surface area contributed by atoms with E-state index in [0.717, 1.165) is 22.4 Å². The van der Waals surface area contributed by atoms with Gasteiger partial charge >= 0.3 is 0 Å². The zero-order valence-electron chi connectivity index (χ0n) is 20.4. The van der Waals surface area contributed by atoms with Crippen LogP contribution in [-0.4, -0.2) is 13.0 Å². The Morgan fingerprint density at radius 1 is 0.806 bits per heavy atom. The molecule has 182 valence electrons. The molecule has 4 aromatic rings. The lowest BCUT2D eigenvalue weighted by molar-refractivity contribution is -0.111. The number of hydrogen-bond donors (Lipinski definition) is 1. The molecule has 4 aromatic carbocycles. The number of nitrogens with one attached hydrogen (secondary N) is 1. The first-order chi connectivity index (χ1) is 17.6. The molecule has 0 aliphatic heterocycles. The van der Waals surface area contributed by atoms with Gasteiger partial charge in [0.1, 0.15) is 19.0 Å². The van der Waals surface area contributed by atoms with Gasteiger partial charge in [0.2, 0.25) is 5.91 Å². The summed E-state index contributed by atoms with van der Waals surface area (Å²) in [6.45, 7) is 3.01. The maximum Gasteiger partial charge on any atom is 0.248 e. The van der Waals surface area contributed by atoms with Crippen molar-refractivity contribution < 1.29 is 19.0 Å². The highest BCUT2D eigenvalue weighted by atomic mass is 16.5. The standard InChI is InChI=1S/C31H29NO4/c1-23-8-6-7-11-26(23)22-36-29-18-12-24(20-30(29)34-2)13-19-31(33)32-27-14-16-28(17-15-27)35-21-25-9-4-3-5-10-25/h3-20H,21-22H2,1-2H3,(H,32,33)/b19-13+. The Labute approximate surface area is 212 Å². The fourth-order valence-electron chi connectivity index (χ4n) is 3.57. The van der Waals surface area contributed by atoms with Crippen molar-refractivity contribution in [3.8, 4) is 17.2 Å². The average Bonchev–Trinajstić information content (AvgIpc) is 2.92. The molecule has 0 atom stereocenters. The molecular weight excluding hydrogens is 450 g/mol. The normalized spacial score (nSPS) is 10.7. The van der Waals surface area contributed by atoms with E-state index >= 15 is 0 Å². The Morgan fingerprint density at radius 3 is 2.31 bits per heavy atom. The summed E-state index contributed by atoms with van der Waals surface area (Å²) in [5.74, 6) is 1.77. The van der Waals surface area contributed by atoms with Gasteiger partial charge in [-0.25, -0.2) is 0 Å². The maximum atomic E-state index is 12.4. The molecule has 1 N–H and O–H groups in total. The largest absolute Gasteiger partial charge is 0.493 e. The monoisotopic (exact) mass is 479 g/mol. The molecule has 0 heterocycles. The summed E-state index contributed by atoms with van der Waals surface area (Å²) in [7, 11) is 1.60. The average molecular weight is 480 g/mol. The number of carbonyl (C=O) groups excluding carboxylic acids is 1. The Morgan fingerprint density at radius 2 is 1.56 bits per heavy atom. The third kappa shape index (κ3) is 7.00. The van der Waals surface area contributed by atoms with E-state index in [1.165, 1.54) is 11.6 Å². The van der Waals surface area contributed by atoms with Gasteiger partial charge in [-0.05, 0) is 71.7 Å². The molecule has 4 rings (SSSR count). The predicted molar refractivity (Wildman–Crippen MR) is 143 cm³/mol. The third-order valence-corrected chi connectivity index (χ3v) is 5.63. The summed E-state index contributed by atoms with van der Waals surface area (Å²) in [5.41, 5.74) is 4.92. The van der Waals surface area contributed by atoms with Crippen LogP contribution in [0.4, 0.5) is 5.69 Å². The molecule has 0 spiro atoms. The second-order valence-corrected chi connectivity index (χ2v) is 8.25. The van der Waals surface area contributed by atoms with Gasteiger partial charge in [-0.3, -0.25) is 4.79 Å². The van der Waals surface area contributed by atoms with Gasteiger partial charge in [0.15, 0.2) is 11.5 Å². The van der Waals surface area contributed by atoms with E-state index in [2.05, 4.69) is 18.3 Å². The first-order valence-electron chi connectivity index (χ1n) is 11.7. The van der Waals surface area contributed by atoms with Gasteiger partial charge in [-0.2, -0.15) is 0 Å². The van der Waals surface area contributed by atoms with Crippen LogP contribution in [0.2, 0.25) is 0 Å². The summed E-state index contributed by atoms with van der Waals surface area (Å²) in [6, 6.07) is 31.0. The number of anilines is 1. The van der Waals surface area contributed by atoms with E-state index < -0.39 is 0 Å². The van der Waals surface area contributed by atoms with Crippen LogP contribution in [0.5, 0.6) is 17.2 Å². The van der Waals surface area contributed by atoms with Gasteiger partial charge in [-0.15, -0.1) is 0 Å². The summed E-state index contributed by atoms with van der Waals surface area (Å²) in [5, 5.41) is 2.86. The number of methoxy groups -OCH3 is 1. The number of benzene rings is 4. The Bertz CT molecular complexity index is 1310. The van der Waals surface area contributed by atoms with Crippen molar-refractivity contribution in [2.75, 3.05) is 12.4 Å². The number of ether oxygens (including phenoxy) is 3. The minimum Gasteiger partial charge on any atom is -0.493 e. The Kier molecular flexibility index (Phi) is 8.39. The molecule has 0 aromatic heterocycles. The lowest BCUT2D eigenvalue weighted by Crippen LogP contribution is -2.07. The van der Waals surface area contributed by atoms with E-state index in [0.29, 0.717) is 30.4 Å². The van der Waals surface area contributed by atoms with Crippen molar-refractivity contribution >= 4 is 17.7 Å². The van der Waals surface area contributed by atoms with Crippen LogP contribution in [0.25, 0.3) is 6.08 Å². The van der Waals surface area contributed by atoms with Crippen LogP contribution in [0.3, 0.4) is 0 Å². The van der Waals surface area contributed by atoms with Crippen LogP contribution in [0, 0.1) is 6.92 Å². The van der Waals surface area contributed by atoms with Crippen LogP contribution in [0.1, 0.15) is 22.3 Å². The van der Waals surface area contributed by atoms with Crippen molar-refractivity contribution in [3.05, 3.63) is 125 Å². The lowest BCUT2D eigenvalue weighted by atomic mass is 10.1. The number of aryl methyl sites for hydroxylation is 1. The Balaban J connectivity index is 1.30. The number of hydrogen-bond acceptors (Lipinski definition) is 4. The van der Waals surface area contributed by atoms with Crippen LogP contribution >= 0.6 is 0 Å². The zero-order valence-corrected chi connectivity index (χ0v) is 20.4. The summed E-state index contributed by atoms with van der Waals surface area (Å²) >= 11 is 0. The summed E-state index contributed by atoms with van der Waals surface area (Å²) in [6.07, 6.45) is 3.22. The summed E-state index contributed by atoms with van der Waals surface area (Å²) in [4.78, 5) is 12.4. The predicted octanol–water partition coefficient (Wildman–Crippen LogP) is 6.81. The molecule has 0 unspecified atom stereocenters. The highest BCUT2D eigenvalue weighted by Crippen LogP contribution is 2.29. The number of rotatable bonds is 10. The molecule has 0 aliphatic carbocycles. The minimum atomic E-state index is -0.230. The van der Waals surface area contributed by atoms with Crippen LogP contribution in [0.15, 0.2) is 103 Å². The minimum absolute atomic E-state index is 0.230. The molecule has 0 saturated heterocycles. The second kappa shape index (κ2) is 12.3. The first-order valence-corrected chi connectivity index (χ1v) is 11.7. The highest BCUT2D eigenvalue weighted by molar-refractivity contribution is 6.02. The van der Waals surface area contributed by atoms with E-state index in [9.17, 15) is 4.79 Å². The van der Waals surface area contributed by atoms with Gasteiger partial charge < -0.3 is 19.5 Å². The Hall–Kier alpha value is -4.51.